The molecule has 0 bridgehead atoms. The van der Waals surface area contributed by atoms with Gasteiger partial charge in [-0.1, -0.05) is 12.1 Å². The highest BCUT2D eigenvalue weighted by atomic mass is 16.5. The summed E-state index contributed by atoms with van der Waals surface area (Å²) in [6.07, 6.45) is 2.16. The number of azo groups is 2. The van der Waals surface area contributed by atoms with Crippen molar-refractivity contribution >= 4 is 45.4 Å². The van der Waals surface area contributed by atoms with Crippen LogP contribution in [0, 0.1) is 0 Å². The van der Waals surface area contributed by atoms with Crippen molar-refractivity contribution in [2.45, 2.75) is 19.8 Å². The van der Waals surface area contributed by atoms with E-state index in [4.69, 9.17) is 4.74 Å². The van der Waals surface area contributed by atoms with Gasteiger partial charge in [0.05, 0.1) is 29.6 Å². The lowest BCUT2D eigenvalue weighted by Crippen LogP contribution is -2.13. The number of nitrogens with one attached hydrogen (secondary N) is 2. The summed E-state index contributed by atoms with van der Waals surface area (Å²) in [7, 11) is 0. The van der Waals surface area contributed by atoms with Crippen molar-refractivity contribution in [1.29, 1.82) is 0 Å². The molecule has 0 saturated carbocycles. The van der Waals surface area contributed by atoms with Crippen molar-refractivity contribution in [2.75, 3.05) is 18.5 Å². The van der Waals surface area contributed by atoms with Crippen LogP contribution >= 0.6 is 0 Å². The Bertz CT molecular complexity index is 1060. The normalized spacial score (nSPS) is 15.9. The molecule has 2 aromatic heterocycles. The van der Waals surface area contributed by atoms with E-state index >= 15 is 0 Å². The standard InChI is InChI=1S/C17H16N6O3/c1-2-26-17(25)20-11-6-3-5-10-13-15(21-14(10)11)18-9-19-16(13)22-23-8-4-7-12(23)24/h3,5-6,9H,2,4,7-8H2,1H3,(H,18,19,20,22,25)/p+1. The van der Waals surface area contributed by atoms with Gasteiger partial charge < -0.3 is 9.72 Å². The summed E-state index contributed by atoms with van der Waals surface area (Å²) in [5, 5.41) is 8.63. The summed E-state index contributed by atoms with van der Waals surface area (Å²) in [6.45, 7) is 2.61. The number of benzene rings is 1. The zero-order chi connectivity index (χ0) is 18.1. The molecule has 3 heterocycles. The van der Waals surface area contributed by atoms with Gasteiger partial charge in [0.1, 0.15) is 12.0 Å². The van der Waals surface area contributed by atoms with E-state index in [0.717, 1.165) is 11.8 Å². The lowest BCUT2D eigenvalue weighted by atomic mass is 10.2. The molecule has 26 heavy (non-hydrogen) atoms. The molecule has 0 spiro atoms. The van der Waals surface area contributed by atoms with E-state index in [2.05, 4.69) is 25.4 Å². The summed E-state index contributed by atoms with van der Waals surface area (Å²) in [5.74, 6) is 0.408. The first-order valence-electron chi connectivity index (χ1n) is 8.38. The van der Waals surface area contributed by atoms with Gasteiger partial charge in [-0.25, -0.2) is 19.6 Å². The van der Waals surface area contributed by atoms with E-state index in [0.29, 0.717) is 41.0 Å². The van der Waals surface area contributed by atoms with Crippen LogP contribution in [-0.4, -0.2) is 44.8 Å². The molecule has 0 atom stereocenters. The number of carbonyl (C=O) groups excluding carboxylic acids is 2. The van der Waals surface area contributed by atoms with E-state index in [9.17, 15) is 9.59 Å². The van der Waals surface area contributed by atoms with Crippen LogP contribution in [0.4, 0.5) is 16.3 Å². The fraction of sp³-hybridized carbons (Fsp3) is 0.294. The topological polar surface area (TPSA) is 112 Å². The molecule has 9 heteroatoms. The molecular weight excluding hydrogens is 336 g/mol. The number of H-pyrrole nitrogens is 1. The quantitative estimate of drug-likeness (QED) is 0.703. The third kappa shape index (κ3) is 2.77. The van der Waals surface area contributed by atoms with Crippen molar-refractivity contribution < 1.29 is 19.0 Å². The van der Waals surface area contributed by atoms with Crippen molar-refractivity contribution in [1.82, 2.24) is 15.0 Å². The number of aromatic amines is 1. The number of hydrogen-bond donors (Lipinski definition) is 2. The van der Waals surface area contributed by atoms with Crippen molar-refractivity contribution in [2.24, 2.45) is 5.11 Å². The Labute approximate surface area is 148 Å². The van der Waals surface area contributed by atoms with Crippen LogP contribution < -0.4 is 5.32 Å². The minimum absolute atomic E-state index is 0.0127. The van der Waals surface area contributed by atoms with Gasteiger partial charge >= 0.3 is 12.0 Å². The van der Waals surface area contributed by atoms with Gasteiger partial charge in [0, 0.05) is 16.9 Å². The molecule has 9 nitrogen and oxygen atoms in total. The predicted octanol–water partition coefficient (Wildman–Crippen LogP) is 3.10. The van der Waals surface area contributed by atoms with Gasteiger partial charge in [-0.2, -0.15) is 0 Å². The van der Waals surface area contributed by atoms with E-state index in [1.165, 1.54) is 11.0 Å². The first-order valence-corrected chi connectivity index (χ1v) is 8.38. The smallest absolute Gasteiger partial charge is 0.411 e. The highest BCUT2D eigenvalue weighted by Crippen LogP contribution is 2.34. The molecule has 4 rings (SSSR count). The van der Waals surface area contributed by atoms with Crippen LogP contribution in [0.25, 0.3) is 21.9 Å². The molecule has 1 fully saturated rings. The van der Waals surface area contributed by atoms with Gasteiger partial charge in [0.2, 0.25) is 5.82 Å². The van der Waals surface area contributed by atoms with Crippen LogP contribution in [0.5, 0.6) is 0 Å². The summed E-state index contributed by atoms with van der Waals surface area (Å²) in [4.78, 5) is 35.3. The van der Waals surface area contributed by atoms with E-state index in [-0.39, 0.29) is 12.5 Å². The lowest BCUT2D eigenvalue weighted by molar-refractivity contribution is -0.495. The van der Waals surface area contributed by atoms with Gasteiger partial charge in [0.25, 0.3) is 0 Å². The number of aromatic nitrogens is 3. The number of fused-ring (bicyclic) bond motifs is 3. The van der Waals surface area contributed by atoms with Gasteiger partial charge in [0.15, 0.2) is 6.54 Å². The van der Waals surface area contributed by atoms with Crippen molar-refractivity contribution in [3.05, 3.63) is 24.5 Å². The SMILES string of the molecule is CCOC(=O)Nc1cccc2c1[nH]c1ncnc(N=[N+]3CCCC3=O)c12. The first-order chi connectivity index (χ1) is 12.7. The molecule has 1 aromatic carbocycles. The van der Waals surface area contributed by atoms with Crippen molar-refractivity contribution in [3.63, 3.8) is 0 Å². The first kappa shape index (κ1) is 16.1. The second kappa shape index (κ2) is 6.51. The Kier molecular flexibility index (Phi) is 4.04. The third-order valence-electron chi connectivity index (χ3n) is 4.18. The summed E-state index contributed by atoms with van der Waals surface area (Å²) in [6, 6.07) is 5.47. The Hall–Kier alpha value is -3.36. The molecule has 2 amide bonds. The number of rotatable bonds is 3. The Morgan fingerprint density at radius 2 is 2.31 bits per heavy atom. The molecule has 1 saturated heterocycles. The maximum atomic E-state index is 11.9. The Morgan fingerprint density at radius 3 is 3.08 bits per heavy atom. The average molecular weight is 353 g/mol. The maximum absolute atomic E-state index is 11.9. The Morgan fingerprint density at radius 1 is 1.42 bits per heavy atom. The number of para-hydroxylation sites is 1. The molecule has 1 aliphatic rings. The second-order valence-electron chi connectivity index (χ2n) is 5.84. The minimum Gasteiger partial charge on any atom is -0.450 e. The maximum Gasteiger partial charge on any atom is 0.411 e. The fourth-order valence-electron chi connectivity index (χ4n) is 3.04. The largest absolute Gasteiger partial charge is 0.450 e. The average Bonchev–Trinajstić information content (AvgIpc) is 3.20. The molecule has 2 N–H and O–H groups in total. The third-order valence-corrected chi connectivity index (χ3v) is 4.18. The fourth-order valence-corrected chi connectivity index (χ4v) is 3.04. The zero-order valence-electron chi connectivity index (χ0n) is 14.2. The lowest BCUT2D eigenvalue weighted by Gasteiger charge is -2.06. The van der Waals surface area contributed by atoms with Gasteiger partial charge in [-0.15, -0.1) is 0 Å². The highest BCUT2D eigenvalue weighted by molar-refractivity contribution is 6.14. The van der Waals surface area contributed by atoms with Gasteiger partial charge in [-0.3, -0.25) is 5.32 Å². The molecular formula is C17H17N6O3+. The van der Waals surface area contributed by atoms with Gasteiger partial charge in [-0.05, 0) is 17.7 Å². The molecule has 1 aliphatic heterocycles. The summed E-state index contributed by atoms with van der Waals surface area (Å²) >= 11 is 0. The van der Waals surface area contributed by atoms with Crippen LogP contribution in [-0.2, 0) is 9.53 Å². The summed E-state index contributed by atoms with van der Waals surface area (Å²) in [5.41, 5.74) is 1.85. The Balaban J connectivity index is 1.86. The van der Waals surface area contributed by atoms with E-state index in [1.54, 1.807) is 13.0 Å². The van der Waals surface area contributed by atoms with E-state index in [1.807, 2.05) is 12.1 Å². The number of hydrogen-bond acceptors (Lipinski definition) is 6. The number of anilines is 1. The minimum atomic E-state index is -0.530. The molecule has 0 radical (unpaired) electrons. The zero-order valence-corrected chi connectivity index (χ0v) is 14.2. The molecule has 132 valence electrons. The van der Waals surface area contributed by atoms with Crippen molar-refractivity contribution in [3.8, 4) is 0 Å². The summed E-state index contributed by atoms with van der Waals surface area (Å²) < 4.78 is 6.38. The van der Waals surface area contributed by atoms with E-state index < -0.39 is 6.09 Å². The number of ether oxygens (including phenoxy) is 1. The highest BCUT2D eigenvalue weighted by Gasteiger charge is 2.28. The molecule has 3 aromatic rings. The number of nitrogens with zero attached hydrogens (tertiary/aromatic N) is 4. The number of carbonyl (C=O) groups is 2. The van der Waals surface area contributed by atoms with Crippen LogP contribution in [0.3, 0.4) is 0 Å². The monoisotopic (exact) mass is 353 g/mol. The second-order valence-corrected chi connectivity index (χ2v) is 5.84. The molecule has 0 unspecified atom stereocenters. The molecule has 0 aliphatic carbocycles. The van der Waals surface area contributed by atoms with Crippen LogP contribution in [0.15, 0.2) is 29.6 Å². The van der Waals surface area contributed by atoms with Crippen LogP contribution in [0.2, 0.25) is 0 Å². The van der Waals surface area contributed by atoms with Crippen LogP contribution in [0.1, 0.15) is 19.8 Å². The number of amides is 2. The predicted molar refractivity (Wildman–Crippen MR) is 93.5 cm³/mol.